The Kier molecular flexibility index (Phi) is 4.81. The summed E-state index contributed by atoms with van der Waals surface area (Å²) in [6.45, 7) is 1.89. The van der Waals surface area contributed by atoms with E-state index in [1.807, 2.05) is 17.4 Å². The number of nitrogens with one attached hydrogen (secondary N) is 1. The molecule has 0 radical (unpaired) electrons. The molecule has 0 unspecified atom stereocenters. The lowest BCUT2D eigenvalue weighted by atomic mass is 9.97. The highest BCUT2D eigenvalue weighted by atomic mass is 35.5. The topological polar surface area (TPSA) is 89.5 Å². The van der Waals surface area contributed by atoms with Crippen molar-refractivity contribution in [1.82, 2.24) is 29.2 Å². The Morgan fingerprint density at radius 2 is 2.16 bits per heavy atom. The van der Waals surface area contributed by atoms with E-state index in [1.165, 1.54) is 35.0 Å². The monoisotopic (exact) mass is 483 g/mol. The second kappa shape index (κ2) is 7.72. The molecule has 8 nitrogen and oxygen atoms in total. The zero-order chi connectivity index (χ0) is 21.8. The maximum atomic E-state index is 12.5. The van der Waals surface area contributed by atoms with Crippen molar-refractivity contribution in [3.63, 3.8) is 0 Å². The highest BCUT2D eigenvalue weighted by molar-refractivity contribution is 7.99. The molecule has 0 saturated carbocycles. The first-order valence-corrected chi connectivity index (χ1v) is 12.5. The van der Waals surface area contributed by atoms with Crippen LogP contribution in [0.4, 0.5) is 5.69 Å². The SMILES string of the molecule is Cc1nc2c3c4c(sc3n3c(SCC(=O)Nc5cccc(Cl)c5)nnc3n2n1)CCCC4. The van der Waals surface area contributed by atoms with Crippen molar-refractivity contribution < 1.29 is 4.79 Å². The predicted molar refractivity (Wildman–Crippen MR) is 127 cm³/mol. The predicted octanol–water partition coefficient (Wildman–Crippen LogP) is 4.56. The number of carbonyl (C=O) groups is 1. The van der Waals surface area contributed by atoms with Crippen LogP contribution < -0.4 is 5.32 Å². The van der Waals surface area contributed by atoms with E-state index in [0.29, 0.717) is 27.5 Å². The van der Waals surface area contributed by atoms with Crippen molar-refractivity contribution in [1.29, 1.82) is 0 Å². The van der Waals surface area contributed by atoms with Gasteiger partial charge in [0.1, 0.15) is 10.7 Å². The molecule has 0 atom stereocenters. The largest absolute Gasteiger partial charge is 0.325 e. The van der Waals surface area contributed by atoms with Crippen molar-refractivity contribution in [3.05, 3.63) is 45.6 Å². The number of aromatic nitrogens is 6. The molecule has 32 heavy (non-hydrogen) atoms. The number of thioether (sulfide) groups is 1. The molecule has 4 aromatic heterocycles. The van der Waals surface area contributed by atoms with E-state index in [1.54, 1.807) is 34.1 Å². The quantitative estimate of drug-likeness (QED) is 0.377. The van der Waals surface area contributed by atoms with Crippen LogP contribution in [0.2, 0.25) is 5.02 Å². The molecule has 11 heteroatoms. The molecular formula is C21H18ClN7OS2. The van der Waals surface area contributed by atoms with Crippen LogP contribution in [0.1, 0.15) is 29.1 Å². The third-order valence-corrected chi connectivity index (χ3v) is 7.98. The molecule has 0 spiro atoms. The molecule has 0 bridgehead atoms. The Balaban J connectivity index is 1.41. The fourth-order valence-corrected chi connectivity index (χ4v) is 6.58. The number of carbonyl (C=O) groups excluding carboxylic acids is 1. The average Bonchev–Trinajstić information content (AvgIpc) is 3.46. The van der Waals surface area contributed by atoms with Crippen LogP contribution in [0.3, 0.4) is 0 Å². The Morgan fingerprint density at radius 3 is 3.03 bits per heavy atom. The second-order valence-electron chi connectivity index (χ2n) is 7.75. The summed E-state index contributed by atoms with van der Waals surface area (Å²) >= 11 is 9.15. The summed E-state index contributed by atoms with van der Waals surface area (Å²) in [5.41, 5.74) is 2.88. The maximum absolute atomic E-state index is 12.5. The van der Waals surface area contributed by atoms with E-state index in [9.17, 15) is 4.79 Å². The standard InChI is InChI=1S/C21H18ClN7OS2/c1-11-23-18-17-14-7-2-3-8-15(14)32-19(17)28-20(29(18)27-11)25-26-21(28)31-10-16(30)24-13-6-4-5-12(22)9-13/h4-6,9H,2-3,7-8,10H2,1H3,(H,24,30). The van der Waals surface area contributed by atoms with E-state index in [2.05, 4.69) is 20.6 Å². The summed E-state index contributed by atoms with van der Waals surface area (Å²) in [7, 11) is 0. The van der Waals surface area contributed by atoms with Crippen molar-refractivity contribution in [2.45, 2.75) is 37.8 Å². The zero-order valence-corrected chi connectivity index (χ0v) is 19.5. The number of hydrogen-bond acceptors (Lipinski definition) is 7. The number of fused-ring (bicyclic) bond motifs is 8. The van der Waals surface area contributed by atoms with E-state index < -0.39 is 0 Å². The molecule has 1 aromatic carbocycles. The first kappa shape index (κ1) is 20.0. The van der Waals surface area contributed by atoms with Gasteiger partial charge in [0.05, 0.1) is 11.1 Å². The lowest BCUT2D eigenvalue weighted by Gasteiger charge is -2.10. The minimum Gasteiger partial charge on any atom is -0.325 e. The summed E-state index contributed by atoms with van der Waals surface area (Å²) in [6, 6.07) is 7.11. The van der Waals surface area contributed by atoms with Crippen LogP contribution in [0.5, 0.6) is 0 Å². The molecule has 162 valence electrons. The summed E-state index contributed by atoms with van der Waals surface area (Å²) in [6.07, 6.45) is 4.53. The van der Waals surface area contributed by atoms with Gasteiger partial charge in [-0.05, 0) is 56.4 Å². The zero-order valence-electron chi connectivity index (χ0n) is 17.1. The number of hydrogen-bond donors (Lipinski definition) is 1. The van der Waals surface area contributed by atoms with Gasteiger partial charge in [0.2, 0.25) is 5.91 Å². The van der Waals surface area contributed by atoms with Gasteiger partial charge in [0.15, 0.2) is 10.8 Å². The lowest BCUT2D eigenvalue weighted by Crippen LogP contribution is -2.14. The third kappa shape index (κ3) is 3.25. The Labute approximate surface area is 196 Å². The van der Waals surface area contributed by atoms with Gasteiger partial charge in [0.25, 0.3) is 5.78 Å². The molecule has 0 fully saturated rings. The molecule has 0 aliphatic heterocycles. The normalized spacial score (nSPS) is 13.8. The fraction of sp³-hybridized carbons (Fsp3) is 0.286. The summed E-state index contributed by atoms with van der Waals surface area (Å²) in [5.74, 6) is 1.39. The van der Waals surface area contributed by atoms with Gasteiger partial charge in [-0.2, -0.15) is 4.52 Å². The van der Waals surface area contributed by atoms with Gasteiger partial charge in [-0.3, -0.25) is 4.79 Å². The number of aryl methyl sites for hydroxylation is 3. The van der Waals surface area contributed by atoms with Gasteiger partial charge in [-0.25, -0.2) is 9.38 Å². The first-order valence-electron chi connectivity index (χ1n) is 10.3. The second-order valence-corrected chi connectivity index (χ2v) is 10.2. The van der Waals surface area contributed by atoms with Crippen LogP contribution in [0, 0.1) is 6.92 Å². The molecule has 1 aliphatic carbocycles. The smallest absolute Gasteiger partial charge is 0.260 e. The fourth-order valence-electron chi connectivity index (χ4n) is 4.22. The minimum atomic E-state index is -0.131. The van der Waals surface area contributed by atoms with Crippen molar-refractivity contribution in [3.8, 4) is 0 Å². The van der Waals surface area contributed by atoms with Gasteiger partial charge < -0.3 is 5.32 Å². The maximum Gasteiger partial charge on any atom is 0.260 e. The van der Waals surface area contributed by atoms with Gasteiger partial charge in [-0.15, -0.1) is 26.6 Å². The number of amides is 1. The van der Waals surface area contributed by atoms with Gasteiger partial charge >= 0.3 is 0 Å². The Bertz CT molecular complexity index is 1520. The molecule has 1 N–H and O–H groups in total. The molecule has 5 aromatic rings. The van der Waals surface area contributed by atoms with Crippen LogP contribution in [-0.4, -0.2) is 40.9 Å². The van der Waals surface area contributed by atoms with E-state index in [0.717, 1.165) is 28.7 Å². The minimum absolute atomic E-state index is 0.131. The molecule has 0 saturated heterocycles. The number of nitrogens with zero attached hydrogens (tertiary/aromatic N) is 6. The molecule has 4 heterocycles. The molecular weight excluding hydrogens is 466 g/mol. The van der Waals surface area contributed by atoms with Crippen LogP contribution in [0.25, 0.3) is 21.6 Å². The first-order chi connectivity index (χ1) is 15.6. The molecule has 1 amide bonds. The van der Waals surface area contributed by atoms with E-state index >= 15 is 0 Å². The van der Waals surface area contributed by atoms with Crippen LogP contribution in [0.15, 0.2) is 29.4 Å². The number of halogens is 1. The number of benzene rings is 1. The highest BCUT2D eigenvalue weighted by Crippen LogP contribution is 2.39. The van der Waals surface area contributed by atoms with Crippen LogP contribution in [-0.2, 0) is 17.6 Å². The summed E-state index contributed by atoms with van der Waals surface area (Å²) in [5, 5.41) is 18.6. The van der Waals surface area contributed by atoms with Crippen molar-refractivity contribution >= 4 is 67.9 Å². The van der Waals surface area contributed by atoms with Crippen molar-refractivity contribution in [2.24, 2.45) is 0 Å². The highest BCUT2D eigenvalue weighted by Gasteiger charge is 2.25. The lowest BCUT2D eigenvalue weighted by molar-refractivity contribution is -0.113. The van der Waals surface area contributed by atoms with Crippen molar-refractivity contribution in [2.75, 3.05) is 11.1 Å². The average molecular weight is 484 g/mol. The van der Waals surface area contributed by atoms with Gasteiger partial charge in [-0.1, -0.05) is 29.4 Å². The molecule has 6 rings (SSSR count). The Hall–Kier alpha value is -2.69. The van der Waals surface area contributed by atoms with Crippen LogP contribution >= 0.6 is 34.7 Å². The summed E-state index contributed by atoms with van der Waals surface area (Å²) < 4.78 is 3.80. The summed E-state index contributed by atoms with van der Waals surface area (Å²) in [4.78, 5) is 19.7. The third-order valence-electron chi connectivity index (χ3n) is 5.54. The van der Waals surface area contributed by atoms with E-state index in [-0.39, 0.29) is 11.7 Å². The molecule has 1 aliphatic rings. The Morgan fingerprint density at radius 1 is 1.28 bits per heavy atom. The number of rotatable bonds is 4. The van der Waals surface area contributed by atoms with E-state index in [4.69, 9.17) is 16.6 Å². The van der Waals surface area contributed by atoms with Gasteiger partial charge in [0, 0.05) is 15.6 Å². The number of anilines is 1. The number of thiophene rings is 1.